The summed E-state index contributed by atoms with van der Waals surface area (Å²) in [6, 6.07) is 1.81. The van der Waals surface area contributed by atoms with E-state index in [0.29, 0.717) is 30.1 Å². The quantitative estimate of drug-likeness (QED) is 0.764. The number of aromatic nitrogens is 2. The molecule has 0 unspecified atom stereocenters. The van der Waals surface area contributed by atoms with Crippen LogP contribution in [0.5, 0.6) is 0 Å². The lowest BCUT2D eigenvalue weighted by atomic mass is 10.1. The molecule has 0 spiro atoms. The zero-order valence-electron chi connectivity index (χ0n) is 10.6. The van der Waals surface area contributed by atoms with Crippen LogP contribution in [0.2, 0.25) is 0 Å². The van der Waals surface area contributed by atoms with Crippen molar-refractivity contribution < 1.29 is 14.3 Å². The van der Waals surface area contributed by atoms with Crippen molar-refractivity contribution in [3.63, 3.8) is 0 Å². The Bertz CT molecular complexity index is 463. The number of ether oxygens (including phenoxy) is 2. The largest absolute Gasteiger partial charge is 0.501 e. The van der Waals surface area contributed by atoms with Crippen molar-refractivity contribution in [2.45, 2.75) is 33.3 Å². The van der Waals surface area contributed by atoms with Crippen molar-refractivity contribution in [3.05, 3.63) is 35.1 Å². The summed E-state index contributed by atoms with van der Waals surface area (Å²) in [5.74, 6) is 0.352. The fraction of sp³-hybridized carbons (Fsp3) is 0.462. The van der Waals surface area contributed by atoms with Crippen LogP contribution in [-0.4, -0.2) is 22.5 Å². The van der Waals surface area contributed by atoms with Gasteiger partial charge in [0.05, 0.1) is 24.1 Å². The maximum atomic E-state index is 11.7. The van der Waals surface area contributed by atoms with Gasteiger partial charge in [0.1, 0.15) is 12.4 Å². The van der Waals surface area contributed by atoms with Gasteiger partial charge in [-0.1, -0.05) is 0 Å². The molecular formula is C13H16N2O3. The van der Waals surface area contributed by atoms with E-state index in [-0.39, 0.29) is 12.6 Å². The van der Waals surface area contributed by atoms with E-state index >= 15 is 0 Å². The summed E-state index contributed by atoms with van der Waals surface area (Å²) >= 11 is 0. The third kappa shape index (κ3) is 3.29. The molecule has 0 fully saturated rings. The van der Waals surface area contributed by atoms with Crippen LogP contribution in [0.3, 0.4) is 0 Å². The monoisotopic (exact) mass is 248 g/mol. The van der Waals surface area contributed by atoms with E-state index in [4.69, 9.17) is 9.47 Å². The molecule has 18 heavy (non-hydrogen) atoms. The van der Waals surface area contributed by atoms with Crippen LogP contribution in [0, 0.1) is 13.8 Å². The van der Waals surface area contributed by atoms with Gasteiger partial charge in [0.15, 0.2) is 0 Å². The highest BCUT2D eigenvalue weighted by atomic mass is 16.5. The number of aryl methyl sites for hydroxylation is 2. The van der Waals surface area contributed by atoms with Gasteiger partial charge in [-0.3, -0.25) is 0 Å². The smallest absolute Gasteiger partial charge is 0.337 e. The number of carbonyl (C=O) groups excluding carboxylic acids is 1. The maximum absolute atomic E-state index is 11.7. The molecule has 0 atom stereocenters. The van der Waals surface area contributed by atoms with Gasteiger partial charge in [-0.2, -0.15) is 0 Å². The predicted octanol–water partition coefficient (Wildman–Crippen LogP) is 1.83. The van der Waals surface area contributed by atoms with Gasteiger partial charge in [0.25, 0.3) is 0 Å². The van der Waals surface area contributed by atoms with Crippen molar-refractivity contribution in [3.8, 4) is 0 Å². The summed E-state index contributed by atoms with van der Waals surface area (Å²) in [7, 11) is 0. The lowest BCUT2D eigenvalue weighted by Crippen LogP contribution is -2.13. The number of rotatable bonds is 3. The van der Waals surface area contributed by atoms with Crippen LogP contribution in [0.4, 0.5) is 0 Å². The fourth-order valence-corrected chi connectivity index (χ4v) is 1.81. The summed E-state index contributed by atoms with van der Waals surface area (Å²) in [6.45, 7) is 4.54. The second-order valence-electron chi connectivity index (χ2n) is 4.24. The van der Waals surface area contributed by atoms with Crippen LogP contribution in [-0.2, 0) is 20.9 Å². The standard InChI is InChI=1S/C13H16N2O3/c1-9-6-12(15-10(2)14-9)8-18-13(16)11-4-3-5-17-7-11/h6-7H,3-5,8H2,1-2H3. The lowest BCUT2D eigenvalue weighted by molar-refractivity contribution is -0.141. The molecular weight excluding hydrogens is 232 g/mol. The fourth-order valence-electron chi connectivity index (χ4n) is 1.81. The molecule has 0 saturated carbocycles. The van der Waals surface area contributed by atoms with Crippen molar-refractivity contribution in [2.75, 3.05) is 6.61 Å². The second kappa shape index (κ2) is 5.62. The normalized spacial score (nSPS) is 14.7. The molecule has 96 valence electrons. The predicted molar refractivity (Wildman–Crippen MR) is 64.6 cm³/mol. The molecule has 1 aromatic heterocycles. The summed E-state index contributed by atoms with van der Waals surface area (Å²) in [5.41, 5.74) is 2.17. The van der Waals surface area contributed by atoms with Crippen LogP contribution in [0.25, 0.3) is 0 Å². The first kappa shape index (κ1) is 12.5. The van der Waals surface area contributed by atoms with Gasteiger partial charge >= 0.3 is 5.97 Å². The van der Waals surface area contributed by atoms with E-state index in [0.717, 1.165) is 12.1 Å². The Morgan fingerprint density at radius 3 is 2.94 bits per heavy atom. The van der Waals surface area contributed by atoms with Gasteiger partial charge in [-0.05, 0) is 32.8 Å². The Labute approximate surface area is 106 Å². The molecule has 1 aromatic rings. The molecule has 1 aliphatic heterocycles. The van der Waals surface area contributed by atoms with E-state index in [1.165, 1.54) is 6.26 Å². The average molecular weight is 248 g/mol. The SMILES string of the molecule is Cc1cc(COC(=O)C2=COCCC2)nc(C)n1. The summed E-state index contributed by atoms with van der Waals surface area (Å²) in [6.07, 6.45) is 3.05. The van der Waals surface area contributed by atoms with E-state index in [9.17, 15) is 4.79 Å². The highest BCUT2D eigenvalue weighted by Gasteiger charge is 2.15. The minimum absolute atomic E-state index is 0.167. The number of hydrogen-bond donors (Lipinski definition) is 0. The topological polar surface area (TPSA) is 61.3 Å². The minimum atomic E-state index is -0.330. The van der Waals surface area contributed by atoms with Crippen molar-refractivity contribution in [1.29, 1.82) is 0 Å². The van der Waals surface area contributed by atoms with E-state index in [2.05, 4.69) is 9.97 Å². The zero-order chi connectivity index (χ0) is 13.0. The molecule has 2 rings (SSSR count). The Kier molecular flexibility index (Phi) is 3.92. The van der Waals surface area contributed by atoms with E-state index in [1.807, 2.05) is 19.9 Å². The molecule has 0 N–H and O–H groups in total. The van der Waals surface area contributed by atoms with Gasteiger partial charge in [0, 0.05) is 5.69 Å². The summed E-state index contributed by atoms with van der Waals surface area (Å²) in [5, 5.41) is 0. The zero-order valence-corrected chi connectivity index (χ0v) is 10.6. The molecule has 0 aliphatic carbocycles. The van der Waals surface area contributed by atoms with Crippen molar-refractivity contribution in [1.82, 2.24) is 9.97 Å². The Morgan fingerprint density at radius 2 is 2.28 bits per heavy atom. The first-order valence-electron chi connectivity index (χ1n) is 5.94. The van der Waals surface area contributed by atoms with E-state index < -0.39 is 0 Å². The lowest BCUT2D eigenvalue weighted by Gasteiger charge is -2.12. The molecule has 5 heteroatoms. The number of esters is 1. The molecule has 0 saturated heterocycles. The van der Waals surface area contributed by atoms with Crippen LogP contribution < -0.4 is 0 Å². The maximum Gasteiger partial charge on any atom is 0.337 e. The van der Waals surface area contributed by atoms with Crippen LogP contribution in [0.1, 0.15) is 30.1 Å². The number of nitrogens with zero attached hydrogens (tertiary/aromatic N) is 2. The number of carbonyl (C=O) groups is 1. The van der Waals surface area contributed by atoms with Crippen LogP contribution >= 0.6 is 0 Å². The molecule has 2 heterocycles. The van der Waals surface area contributed by atoms with Crippen molar-refractivity contribution >= 4 is 5.97 Å². The second-order valence-corrected chi connectivity index (χ2v) is 4.24. The van der Waals surface area contributed by atoms with Crippen LogP contribution in [0.15, 0.2) is 17.9 Å². The summed E-state index contributed by atoms with van der Waals surface area (Å²) < 4.78 is 10.3. The van der Waals surface area contributed by atoms with Crippen molar-refractivity contribution in [2.24, 2.45) is 0 Å². The highest BCUT2D eigenvalue weighted by Crippen LogP contribution is 2.14. The van der Waals surface area contributed by atoms with E-state index in [1.54, 1.807) is 0 Å². The Hall–Kier alpha value is -1.91. The van der Waals surface area contributed by atoms with Gasteiger partial charge in [-0.15, -0.1) is 0 Å². The Morgan fingerprint density at radius 1 is 1.44 bits per heavy atom. The summed E-state index contributed by atoms with van der Waals surface area (Å²) in [4.78, 5) is 20.1. The third-order valence-corrected chi connectivity index (χ3v) is 2.57. The third-order valence-electron chi connectivity index (χ3n) is 2.57. The molecule has 0 bridgehead atoms. The van der Waals surface area contributed by atoms with Gasteiger partial charge in [-0.25, -0.2) is 14.8 Å². The first-order chi connectivity index (χ1) is 8.65. The van der Waals surface area contributed by atoms with Gasteiger partial charge in [0.2, 0.25) is 0 Å². The Balaban J connectivity index is 1.94. The number of hydrogen-bond acceptors (Lipinski definition) is 5. The first-order valence-corrected chi connectivity index (χ1v) is 5.94. The minimum Gasteiger partial charge on any atom is -0.501 e. The molecule has 0 amide bonds. The molecule has 1 aliphatic rings. The highest BCUT2D eigenvalue weighted by molar-refractivity contribution is 5.88. The molecule has 0 aromatic carbocycles. The molecule has 5 nitrogen and oxygen atoms in total. The van der Waals surface area contributed by atoms with Gasteiger partial charge < -0.3 is 9.47 Å². The molecule has 0 radical (unpaired) electrons. The average Bonchev–Trinajstić information content (AvgIpc) is 2.36.